The summed E-state index contributed by atoms with van der Waals surface area (Å²) in [4.78, 5) is 0. The summed E-state index contributed by atoms with van der Waals surface area (Å²) >= 11 is 11.3. The topological polar surface area (TPSA) is 29.1 Å². The van der Waals surface area contributed by atoms with Crippen LogP contribution in [0.5, 0.6) is 0 Å². The van der Waals surface area contributed by atoms with E-state index in [1.807, 2.05) is 0 Å². The Balaban J connectivity index is 3.42. The zero-order valence-corrected chi connectivity index (χ0v) is 9.21. The third-order valence-corrected chi connectivity index (χ3v) is 1.93. The van der Waals surface area contributed by atoms with Crippen LogP contribution in [0.1, 0.15) is 6.42 Å². The van der Waals surface area contributed by atoms with Gasteiger partial charge in [-0.1, -0.05) is 15.9 Å². The van der Waals surface area contributed by atoms with Gasteiger partial charge in [0.05, 0.1) is 6.61 Å². The lowest BCUT2D eigenvalue weighted by molar-refractivity contribution is -0.160. The third-order valence-electron chi connectivity index (χ3n) is 0.788. The van der Waals surface area contributed by atoms with Gasteiger partial charge in [-0.05, 0) is 15.9 Å². The minimum Gasteiger partial charge on any atom is -0.338 e. The van der Waals surface area contributed by atoms with Gasteiger partial charge in [0, 0.05) is 17.6 Å². The van der Waals surface area contributed by atoms with E-state index < -0.39 is 4.70 Å². The summed E-state index contributed by atoms with van der Waals surface area (Å²) in [5.74, 6) is 0.303. The molecule has 0 saturated carbocycles. The van der Waals surface area contributed by atoms with Crippen LogP contribution in [0.2, 0.25) is 0 Å². The molecule has 0 aromatic heterocycles. The van der Waals surface area contributed by atoms with Crippen LogP contribution >= 0.6 is 43.5 Å². The average Bonchev–Trinajstić information content (AvgIpc) is 1.84. The molecule has 1 unspecified atom stereocenters. The Kier molecular flexibility index (Phi) is 6.45. The van der Waals surface area contributed by atoms with Crippen molar-refractivity contribution in [3.8, 4) is 0 Å². The molecular formula is C5H8Br2ClO2. The highest BCUT2D eigenvalue weighted by Crippen LogP contribution is 2.21. The smallest absolute Gasteiger partial charge is 0.259 e. The summed E-state index contributed by atoms with van der Waals surface area (Å²) in [6.45, 7) is 0.394. The van der Waals surface area contributed by atoms with Crippen molar-refractivity contribution in [2.24, 2.45) is 0 Å². The monoisotopic (exact) mass is 293 g/mol. The van der Waals surface area contributed by atoms with Gasteiger partial charge in [-0.25, -0.2) is 0 Å². The number of ether oxygens (including phenoxy) is 1. The summed E-state index contributed by atoms with van der Waals surface area (Å²) in [7, 11) is 0. The van der Waals surface area contributed by atoms with Gasteiger partial charge >= 0.3 is 0 Å². The zero-order valence-electron chi connectivity index (χ0n) is 5.28. The van der Waals surface area contributed by atoms with E-state index in [1.54, 1.807) is 0 Å². The largest absolute Gasteiger partial charge is 0.338 e. The van der Waals surface area contributed by atoms with E-state index in [4.69, 9.17) is 16.3 Å². The molecule has 1 radical (unpaired) electrons. The molecule has 0 aliphatic carbocycles. The van der Waals surface area contributed by atoms with E-state index >= 15 is 0 Å². The predicted molar refractivity (Wildman–Crippen MR) is 47.4 cm³/mol. The average molecular weight is 295 g/mol. The second-order valence-electron chi connectivity index (χ2n) is 1.64. The maximum atomic E-state index is 11.1. The molecule has 0 saturated heterocycles. The van der Waals surface area contributed by atoms with Crippen molar-refractivity contribution >= 4 is 43.5 Å². The quantitative estimate of drug-likeness (QED) is 0.566. The Morgan fingerprint density at radius 1 is 1.60 bits per heavy atom. The van der Waals surface area contributed by atoms with Crippen molar-refractivity contribution in [2.45, 2.75) is 11.1 Å². The Morgan fingerprint density at radius 3 is 2.60 bits per heavy atom. The number of halogens is 3. The number of rotatable bonds is 5. The molecular weight excluding hydrogens is 287 g/mol. The summed E-state index contributed by atoms with van der Waals surface area (Å²) in [5, 5.41) is 11.7. The first-order valence-electron chi connectivity index (χ1n) is 2.77. The van der Waals surface area contributed by atoms with Crippen LogP contribution in [0, 0.1) is 0 Å². The minimum absolute atomic E-state index is 0.265. The van der Waals surface area contributed by atoms with E-state index in [1.165, 1.54) is 0 Å². The van der Waals surface area contributed by atoms with Crippen LogP contribution in [-0.4, -0.2) is 22.5 Å². The van der Waals surface area contributed by atoms with E-state index in [9.17, 15) is 5.11 Å². The van der Waals surface area contributed by atoms with Gasteiger partial charge < -0.3 is 4.74 Å². The fourth-order valence-corrected chi connectivity index (χ4v) is 1.38. The fraction of sp³-hybridized carbons (Fsp3) is 1.00. The van der Waals surface area contributed by atoms with Crippen molar-refractivity contribution in [2.75, 3.05) is 17.8 Å². The number of hydrogen-bond acceptors (Lipinski definition) is 1. The molecule has 2 nitrogen and oxygen atoms in total. The standard InChI is InChI=1S/C5H8Br2ClO2/c6-2-4-10-5(7,9)1-3-8/h1-4H2. The zero-order chi connectivity index (χ0) is 8.04. The Hall–Kier alpha value is 1.17. The van der Waals surface area contributed by atoms with Gasteiger partial charge in [0.1, 0.15) is 0 Å². The summed E-state index contributed by atoms with van der Waals surface area (Å²) in [5.41, 5.74) is 0. The fourth-order valence-electron chi connectivity index (χ4n) is 0.376. The summed E-state index contributed by atoms with van der Waals surface area (Å²) < 4.78 is 3.35. The molecule has 61 valence electrons. The van der Waals surface area contributed by atoms with E-state index in [0.717, 1.165) is 0 Å². The van der Waals surface area contributed by atoms with Crippen LogP contribution in [0.3, 0.4) is 0 Å². The number of alkyl halides is 3. The van der Waals surface area contributed by atoms with Gasteiger partial charge in [0.2, 0.25) is 0 Å². The summed E-state index contributed by atoms with van der Waals surface area (Å²) in [6.07, 6.45) is 0.265. The molecule has 0 heterocycles. The predicted octanol–water partition coefficient (Wildman–Crippen LogP) is 2.51. The Morgan fingerprint density at radius 2 is 2.20 bits per heavy atom. The van der Waals surface area contributed by atoms with Gasteiger partial charge in [-0.2, -0.15) is 5.11 Å². The second-order valence-corrected chi connectivity index (χ2v) is 4.02. The molecule has 1 atom stereocenters. The molecule has 0 N–H and O–H groups in total. The second kappa shape index (κ2) is 5.77. The van der Waals surface area contributed by atoms with E-state index in [0.29, 0.717) is 17.8 Å². The van der Waals surface area contributed by atoms with Crippen molar-refractivity contribution < 1.29 is 9.84 Å². The van der Waals surface area contributed by atoms with Crippen LogP contribution in [-0.2, 0) is 9.84 Å². The maximum Gasteiger partial charge on any atom is 0.259 e. The molecule has 0 amide bonds. The Bertz CT molecular complexity index is 89.7. The maximum absolute atomic E-state index is 11.1. The highest BCUT2D eigenvalue weighted by Gasteiger charge is 2.24. The van der Waals surface area contributed by atoms with Crippen molar-refractivity contribution in [3.05, 3.63) is 0 Å². The molecule has 0 rings (SSSR count). The normalized spacial score (nSPS) is 16.8. The SMILES string of the molecule is [O]C(Br)(CCCl)OCCBr. The molecule has 5 heteroatoms. The lowest BCUT2D eigenvalue weighted by atomic mass is 10.5. The Labute approximate surface area is 82.1 Å². The molecule has 0 fully saturated rings. The molecule has 0 aromatic rings. The lowest BCUT2D eigenvalue weighted by Crippen LogP contribution is -2.24. The van der Waals surface area contributed by atoms with Crippen LogP contribution in [0.25, 0.3) is 0 Å². The van der Waals surface area contributed by atoms with Crippen molar-refractivity contribution in [3.63, 3.8) is 0 Å². The van der Waals surface area contributed by atoms with E-state index in [2.05, 4.69) is 31.9 Å². The molecule has 0 bridgehead atoms. The van der Waals surface area contributed by atoms with Gasteiger partial charge in [0.15, 0.2) is 0 Å². The lowest BCUT2D eigenvalue weighted by Gasteiger charge is -2.16. The van der Waals surface area contributed by atoms with Crippen molar-refractivity contribution in [1.29, 1.82) is 0 Å². The first kappa shape index (κ1) is 11.2. The molecule has 0 aromatic carbocycles. The van der Waals surface area contributed by atoms with E-state index in [-0.39, 0.29) is 6.42 Å². The molecule has 0 spiro atoms. The highest BCUT2D eigenvalue weighted by molar-refractivity contribution is 9.10. The van der Waals surface area contributed by atoms with Crippen LogP contribution in [0.15, 0.2) is 0 Å². The van der Waals surface area contributed by atoms with Crippen LogP contribution < -0.4 is 0 Å². The minimum atomic E-state index is -1.50. The third kappa shape index (κ3) is 5.92. The molecule has 0 aliphatic rings. The highest BCUT2D eigenvalue weighted by atomic mass is 79.9. The van der Waals surface area contributed by atoms with Crippen LogP contribution in [0.4, 0.5) is 0 Å². The molecule has 0 aliphatic heterocycles. The first-order chi connectivity index (χ1) is 4.62. The van der Waals surface area contributed by atoms with Gasteiger partial charge in [-0.3, -0.25) is 0 Å². The van der Waals surface area contributed by atoms with Gasteiger partial charge in [-0.15, -0.1) is 11.6 Å². The summed E-state index contributed by atoms with van der Waals surface area (Å²) in [6, 6.07) is 0. The first-order valence-corrected chi connectivity index (χ1v) is 5.22. The molecule has 10 heavy (non-hydrogen) atoms. The van der Waals surface area contributed by atoms with Crippen molar-refractivity contribution in [1.82, 2.24) is 0 Å². The number of hydrogen-bond donors (Lipinski definition) is 0. The van der Waals surface area contributed by atoms with Gasteiger partial charge in [0.25, 0.3) is 4.70 Å².